The molecule has 0 aliphatic heterocycles. The van der Waals surface area contributed by atoms with Gasteiger partial charge in [0.2, 0.25) is 5.88 Å². The van der Waals surface area contributed by atoms with Crippen LogP contribution in [0.25, 0.3) is 0 Å². The lowest BCUT2D eigenvalue weighted by molar-refractivity contribution is 0.302. The van der Waals surface area contributed by atoms with Gasteiger partial charge in [0.1, 0.15) is 11.6 Å². The molecule has 0 saturated carbocycles. The fraction of sp³-hybridized carbons (Fsp3) is 0.231. The van der Waals surface area contributed by atoms with Crippen molar-refractivity contribution in [1.82, 2.24) is 9.97 Å². The van der Waals surface area contributed by atoms with Gasteiger partial charge < -0.3 is 14.8 Å². The molecule has 1 rings (SSSR count). The Hall–Kier alpha value is -2.30. The van der Waals surface area contributed by atoms with E-state index in [1.54, 1.807) is 32.7 Å². The van der Waals surface area contributed by atoms with E-state index in [4.69, 9.17) is 9.47 Å². The summed E-state index contributed by atoms with van der Waals surface area (Å²) in [5, 5.41) is 3.11. The SMILES string of the molecule is C=C/C=C(/CNc1cncc(OC)n1)C(=C)OC. The van der Waals surface area contributed by atoms with Crippen LogP contribution in [0.1, 0.15) is 0 Å². The maximum Gasteiger partial charge on any atom is 0.233 e. The molecule has 0 spiro atoms. The minimum Gasteiger partial charge on any atom is -0.497 e. The first-order valence-electron chi connectivity index (χ1n) is 5.36. The van der Waals surface area contributed by atoms with Crippen molar-refractivity contribution < 1.29 is 9.47 Å². The average molecular weight is 247 g/mol. The zero-order valence-electron chi connectivity index (χ0n) is 10.6. The second-order valence-corrected chi connectivity index (χ2v) is 3.36. The van der Waals surface area contributed by atoms with Gasteiger partial charge in [-0.2, -0.15) is 4.98 Å². The van der Waals surface area contributed by atoms with E-state index in [9.17, 15) is 0 Å². The molecule has 0 aliphatic carbocycles. The summed E-state index contributed by atoms with van der Waals surface area (Å²) in [7, 11) is 3.12. The van der Waals surface area contributed by atoms with Gasteiger partial charge in [0.15, 0.2) is 0 Å². The zero-order valence-corrected chi connectivity index (χ0v) is 10.6. The van der Waals surface area contributed by atoms with E-state index in [-0.39, 0.29) is 0 Å². The lowest BCUT2D eigenvalue weighted by Crippen LogP contribution is -2.09. The highest BCUT2D eigenvalue weighted by atomic mass is 16.5. The summed E-state index contributed by atoms with van der Waals surface area (Å²) in [5.41, 5.74) is 0.886. The first-order valence-corrected chi connectivity index (χ1v) is 5.36. The van der Waals surface area contributed by atoms with E-state index >= 15 is 0 Å². The quantitative estimate of drug-likeness (QED) is 0.591. The van der Waals surface area contributed by atoms with Gasteiger partial charge in [0, 0.05) is 12.1 Å². The Bertz CT molecular complexity index is 455. The van der Waals surface area contributed by atoms with Crippen molar-refractivity contribution in [3.63, 3.8) is 0 Å². The molecule has 0 atom stereocenters. The fourth-order valence-corrected chi connectivity index (χ4v) is 1.24. The normalized spacial score (nSPS) is 10.7. The van der Waals surface area contributed by atoms with Crippen LogP contribution < -0.4 is 10.1 Å². The third kappa shape index (κ3) is 3.93. The van der Waals surface area contributed by atoms with Crippen LogP contribution in [0.3, 0.4) is 0 Å². The Morgan fingerprint density at radius 3 is 2.83 bits per heavy atom. The molecule has 18 heavy (non-hydrogen) atoms. The lowest BCUT2D eigenvalue weighted by atomic mass is 10.2. The lowest BCUT2D eigenvalue weighted by Gasteiger charge is -2.11. The number of nitrogens with one attached hydrogen (secondary N) is 1. The number of nitrogens with zero attached hydrogens (tertiary/aromatic N) is 2. The van der Waals surface area contributed by atoms with Gasteiger partial charge in [0.05, 0.1) is 26.6 Å². The third-order valence-corrected chi connectivity index (χ3v) is 2.21. The molecular weight excluding hydrogens is 230 g/mol. The topological polar surface area (TPSA) is 56.3 Å². The zero-order chi connectivity index (χ0) is 13.4. The number of hydrogen-bond acceptors (Lipinski definition) is 5. The van der Waals surface area contributed by atoms with E-state index in [0.717, 1.165) is 5.57 Å². The molecule has 0 radical (unpaired) electrons. The van der Waals surface area contributed by atoms with Crippen molar-refractivity contribution in [2.45, 2.75) is 0 Å². The van der Waals surface area contributed by atoms with Gasteiger partial charge in [-0.3, -0.25) is 4.98 Å². The van der Waals surface area contributed by atoms with Crippen molar-refractivity contribution in [3.8, 4) is 5.88 Å². The molecule has 0 bridgehead atoms. The summed E-state index contributed by atoms with van der Waals surface area (Å²) < 4.78 is 10.1. The van der Waals surface area contributed by atoms with Crippen LogP contribution in [0.2, 0.25) is 0 Å². The molecule has 1 heterocycles. The highest BCUT2D eigenvalue weighted by Crippen LogP contribution is 2.12. The molecule has 96 valence electrons. The Balaban J connectivity index is 2.69. The van der Waals surface area contributed by atoms with Gasteiger partial charge in [-0.25, -0.2) is 0 Å². The second-order valence-electron chi connectivity index (χ2n) is 3.36. The van der Waals surface area contributed by atoms with Crippen molar-refractivity contribution >= 4 is 5.82 Å². The minimum absolute atomic E-state index is 0.458. The maximum atomic E-state index is 5.09. The number of aromatic nitrogens is 2. The summed E-state index contributed by atoms with van der Waals surface area (Å²) >= 11 is 0. The molecule has 0 aromatic carbocycles. The first kappa shape index (κ1) is 13.8. The number of rotatable bonds is 7. The molecule has 1 aromatic rings. The van der Waals surface area contributed by atoms with Crippen LogP contribution in [0, 0.1) is 0 Å². The number of anilines is 1. The van der Waals surface area contributed by atoms with Crippen LogP contribution in [0.15, 0.2) is 49.0 Å². The van der Waals surface area contributed by atoms with Crippen molar-refractivity contribution in [2.24, 2.45) is 0 Å². The minimum atomic E-state index is 0.458. The van der Waals surface area contributed by atoms with Crippen molar-refractivity contribution in [1.29, 1.82) is 0 Å². The van der Waals surface area contributed by atoms with Crippen LogP contribution in [0.4, 0.5) is 5.82 Å². The van der Waals surface area contributed by atoms with Crippen molar-refractivity contribution in [2.75, 3.05) is 26.1 Å². The monoisotopic (exact) mass is 247 g/mol. The van der Waals surface area contributed by atoms with Gasteiger partial charge >= 0.3 is 0 Å². The highest BCUT2D eigenvalue weighted by molar-refractivity contribution is 5.39. The van der Waals surface area contributed by atoms with Crippen LogP contribution in [-0.2, 0) is 4.74 Å². The number of allylic oxidation sites excluding steroid dienone is 2. The molecule has 5 nitrogen and oxygen atoms in total. The molecule has 0 unspecified atom stereocenters. The third-order valence-electron chi connectivity index (χ3n) is 2.21. The van der Waals surface area contributed by atoms with Crippen LogP contribution in [-0.4, -0.2) is 30.7 Å². The van der Waals surface area contributed by atoms with Crippen molar-refractivity contribution in [3.05, 3.63) is 49.0 Å². The molecule has 1 aromatic heterocycles. The molecule has 5 heteroatoms. The van der Waals surface area contributed by atoms with Gasteiger partial charge in [-0.15, -0.1) is 0 Å². The van der Waals surface area contributed by atoms with Crippen LogP contribution >= 0.6 is 0 Å². The molecular formula is C13H17N3O2. The summed E-state index contributed by atoms with van der Waals surface area (Å²) in [6.45, 7) is 7.96. The second kappa shape index (κ2) is 7.11. The molecule has 0 amide bonds. The van der Waals surface area contributed by atoms with E-state index in [1.807, 2.05) is 6.08 Å². The van der Waals surface area contributed by atoms with E-state index < -0.39 is 0 Å². The van der Waals surface area contributed by atoms with Gasteiger partial charge in [0.25, 0.3) is 0 Å². The summed E-state index contributed by atoms with van der Waals surface area (Å²) in [6, 6.07) is 0. The maximum absolute atomic E-state index is 5.09. The number of ether oxygens (including phenoxy) is 2. The predicted molar refractivity (Wildman–Crippen MR) is 71.5 cm³/mol. The van der Waals surface area contributed by atoms with E-state index in [0.29, 0.717) is 24.0 Å². The largest absolute Gasteiger partial charge is 0.497 e. The highest BCUT2D eigenvalue weighted by Gasteiger charge is 2.03. The summed E-state index contributed by atoms with van der Waals surface area (Å²) in [5.74, 6) is 1.66. The first-order chi connectivity index (χ1) is 8.71. The molecule has 1 N–H and O–H groups in total. The Kier molecular flexibility index (Phi) is 5.44. The molecule has 0 fully saturated rings. The van der Waals surface area contributed by atoms with E-state index in [2.05, 4.69) is 28.4 Å². The van der Waals surface area contributed by atoms with Gasteiger partial charge in [-0.1, -0.05) is 25.3 Å². The Labute approximate surface area is 107 Å². The Morgan fingerprint density at radius 2 is 2.22 bits per heavy atom. The van der Waals surface area contributed by atoms with Gasteiger partial charge in [-0.05, 0) is 0 Å². The average Bonchev–Trinajstić information content (AvgIpc) is 2.42. The Morgan fingerprint density at radius 1 is 1.44 bits per heavy atom. The number of methoxy groups -OCH3 is 2. The summed E-state index contributed by atoms with van der Waals surface area (Å²) in [4.78, 5) is 8.19. The standard InChI is InChI=1S/C13H17N3O2/c1-5-6-11(10(2)17-3)7-15-12-8-14-9-13(16-12)18-4/h5-6,8-9H,1-2,7H2,3-4H3,(H,15,16)/b11-6-. The van der Waals surface area contributed by atoms with E-state index in [1.165, 1.54) is 0 Å². The molecule has 0 aliphatic rings. The van der Waals surface area contributed by atoms with Crippen LogP contribution in [0.5, 0.6) is 5.88 Å². The molecule has 0 saturated heterocycles. The predicted octanol–water partition coefficient (Wildman–Crippen LogP) is 2.17. The fourth-order valence-electron chi connectivity index (χ4n) is 1.24. The smallest absolute Gasteiger partial charge is 0.233 e. The summed E-state index contributed by atoms with van der Waals surface area (Å²) in [6.07, 6.45) is 6.66. The number of hydrogen-bond donors (Lipinski definition) is 1.